The Bertz CT molecular complexity index is 416. The molecule has 15 heavy (non-hydrogen) atoms. The van der Waals surface area contributed by atoms with Gasteiger partial charge in [0.1, 0.15) is 0 Å². The molecule has 0 saturated heterocycles. The summed E-state index contributed by atoms with van der Waals surface area (Å²) in [5.41, 5.74) is -0.891. The van der Waals surface area contributed by atoms with E-state index in [1.54, 1.807) is 0 Å². The molecule has 0 amide bonds. The second kappa shape index (κ2) is 3.32. The molecule has 1 aliphatic carbocycles. The van der Waals surface area contributed by atoms with Crippen LogP contribution in [-0.4, -0.2) is 12.2 Å². The normalized spacial score (nSPS) is 17.7. The molecule has 5 heteroatoms. The van der Waals surface area contributed by atoms with Crippen molar-refractivity contribution in [1.29, 1.82) is 0 Å². The molecule has 0 aliphatic heterocycles. The SMILES string of the molecule is COc1c(C2(O)CC2)cc(Cl)c(F)c1F. The standard InChI is InChI=1S/C10H9ClF2O2/c1-15-9-5(10(14)2-3-10)4-6(11)7(12)8(9)13/h4,14H,2-3H2,1H3. The van der Waals surface area contributed by atoms with Crippen LogP contribution in [0.5, 0.6) is 5.75 Å². The average molecular weight is 235 g/mol. The first-order chi connectivity index (χ1) is 6.99. The summed E-state index contributed by atoms with van der Waals surface area (Å²) in [6, 6.07) is 1.21. The molecule has 0 radical (unpaired) electrons. The predicted octanol–water partition coefficient (Wildman–Crippen LogP) is 2.61. The number of benzene rings is 1. The zero-order valence-electron chi connectivity index (χ0n) is 7.98. The highest BCUT2D eigenvalue weighted by Gasteiger charge is 2.45. The first-order valence-corrected chi connectivity index (χ1v) is 4.82. The number of hydrogen-bond donors (Lipinski definition) is 1. The van der Waals surface area contributed by atoms with Gasteiger partial charge in [-0.25, -0.2) is 4.39 Å². The minimum absolute atomic E-state index is 0.217. The lowest BCUT2D eigenvalue weighted by molar-refractivity contribution is 0.146. The van der Waals surface area contributed by atoms with E-state index in [-0.39, 0.29) is 16.3 Å². The average Bonchev–Trinajstić information content (AvgIpc) is 2.94. The molecule has 0 atom stereocenters. The number of halogens is 3. The van der Waals surface area contributed by atoms with Gasteiger partial charge in [0.2, 0.25) is 5.82 Å². The van der Waals surface area contributed by atoms with E-state index in [1.807, 2.05) is 0 Å². The summed E-state index contributed by atoms with van der Waals surface area (Å²) in [5, 5.41) is 9.48. The quantitative estimate of drug-likeness (QED) is 0.797. The lowest BCUT2D eigenvalue weighted by Crippen LogP contribution is -2.09. The van der Waals surface area contributed by atoms with Crippen LogP contribution in [0.15, 0.2) is 6.07 Å². The highest BCUT2D eigenvalue weighted by Crippen LogP contribution is 2.50. The number of aliphatic hydroxyl groups is 1. The first-order valence-electron chi connectivity index (χ1n) is 4.44. The fourth-order valence-corrected chi connectivity index (χ4v) is 1.70. The minimum Gasteiger partial charge on any atom is -0.493 e. The highest BCUT2D eigenvalue weighted by molar-refractivity contribution is 6.30. The smallest absolute Gasteiger partial charge is 0.202 e. The summed E-state index contributed by atoms with van der Waals surface area (Å²) in [5.74, 6) is -2.57. The summed E-state index contributed by atoms with van der Waals surface area (Å²) in [6.07, 6.45) is 1.01. The summed E-state index contributed by atoms with van der Waals surface area (Å²) in [6.45, 7) is 0. The molecule has 2 nitrogen and oxygen atoms in total. The van der Waals surface area contributed by atoms with Gasteiger partial charge in [-0.2, -0.15) is 4.39 Å². The van der Waals surface area contributed by atoms with Crippen molar-refractivity contribution in [3.8, 4) is 5.75 Å². The van der Waals surface area contributed by atoms with E-state index < -0.39 is 17.2 Å². The van der Waals surface area contributed by atoms with Gasteiger partial charge in [0.05, 0.1) is 17.7 Å². The molecule has 1 aliphatic rings. The molecule has 1 aromatic rings. The molecular weight excluding hydrogens is 226 g/mol. The topological polar surface area (TPSA) is 29.5 Å². The Kier molecular flexibility index (Phi) is 2.35. The zero-order valence-corrected chi connectivity index (χ0v) is 8.74. The molecule has 1 aromatic carbocycles. The second-order valence-electron chi connectivity index (χ2n) is 3.60. The van der Waals surface area contributed by atoms with Crippen LogP contribution in [-0.2, 0) is 5.60 Å². The van der Waals surface area contributed by atoms with E-state index in [0.29, 0.717) is 12.8 Å². The van der Waals surface area contributed by atoms with Gasteiger partial charge in [-0.05, 0) is 18.9 Å². The van der Waals surface area contributed by atoms with Crippen LogP contribution in [0.3, 0.4) is 0 Å². The maximum Gasteiger partial charge on any atom is 0.202 e. The summed E-state index contributed by atoms with van der Waals surface area (Å²) in [7, 11) is 1.22. The van der Waals surface area contributed by atoms with Gasteiger partial charge in [0.15, 0.2) is 11.6 Å². The van der Waals surface area contributed by atoms with Gasteiger partial charge in [-0.15, -0.1) is 0 Å². The Labute approximate surface area is 90.4 Å². The number of methoxy groups -OCH3 is 1. The van der Waals surface area contributed by atoms with Gasteiger partial charge in [0, 0.05) is 5.56 Å². The predicted molar refractivity (Wildman–Crippen MR) is 51.1 cm³/mol. The van der Waals surface area contributed by atoms with Crippen LogP contribution in [0.4, 0.5) is 8.78 Å². The van der Waals surface area contributed by atoms with Gasteiger partial charge >= 0.3 is 0 Å². The first kappa shape index (κ1) is 10.6. The van der Waals surface area contributed by atoms with Crippen molar-refractivity contribution in [2.24, 2.45) is 0 Å². The van der Waals surface area contributed by atoms with Crippen molar-refractivity contribution in [2.45, 2.75) is 18.4 Å². The van der Waals surface area contributed by atoms with Crippen molar-refractivity contribution < 1.29 is 18.6 Å². The van der Waals surface area contributed by atoms with E-state index in [4.69, 9.17) is 16.3 Å². The molecule has 82 valence electrons. The van der Waals surface area contributed by atoms with Crippen molar-refractivity contribution >= 4 is 11.6 Å². The number of hydrogen-bond acceptors (Lipinski definition) is 2. The van der Waals surface area contributed by atoms with Crippen molar-refractivity contribution in [3.05, 3.63) is 28.3 Å². The largest absolute Gasteiger partial charge is 0.493 e. The maximum absolute atomic E-state index is 13.4. The van der Waals surface area contributed by atoms with Crippen molar-refractivity contribution in [1.82, 2.24) is 0 Å². The van der Waals surface area contributed by atoms with Crippen LogP contribution >= 0.6 is 11.6 Å². The molecule has 1 saturated carbocycles. The number of rotatable bonds is 2. The third-order valence-corrected chi connectivity index (χ3v) is 2.82. The molecule has 0 spiro atoms. The molecule has 1 fully saturated rings. The molecule has 0 unspecified atom stereocenters. The van der Waals surface area contributed by atoms with Crippen LogP contribution in [0.2, 0.25) is 5.02 Å². The zero-order chi connectivity index (χ0) is 11.2. The molecule has 2 rings (SSSR count). The maximum atomic E-state index is 13.4. The van der Waals surface area contributed by atoms with Crippen LogP contribution in [0.25, 0.3) is 0 Å². The van der Waals surface area contributed by atoms with Crippen LogP contribution in [0, 0.1) is 11.6 Å². The van der Waals surface area contributed by atoms with E-state index in [9.17, 15) is 13.9 Å². The third kappa shape index (κ3) is 1.58. The Morgan fingerprint density at radius 3 is 2.47 bits per heavy atom. The van der Waals surface area contributed by atoms with Gasteiger partial charge in [0.25, 0.3) is 0 Å². The Hall–Kier alpha value is -0.870. The highest BCUT2D eigenvalue weighted by atomic mass is 35.5. The third-order valence-electron chi connectivity index (χ3n) is 2.55. The van der Waals surface area contributed by atoms with Crippen molar-refractivity contribution in [3.63, 3.8) is 0 Å². The monoisotopic (exact) mass is 234 g/mol. The van der Waals surface area contributed by atoms with E-state index in [0.717, 1.165) is 0 Å². The fraction of sp³-hybridized carbons (Fsp3) is 0.400. The van der Waals surface area contributed by atoms with E-state index in [2.05, 4.69) is 0 Å². The molecule has 1 N–H and O–H groups in total. The Morgan fingerprint density at radius 1 is 1.40 bits per heavy atom. The van der Waals surface area contributed by atoms with Crippen molar-refractivity contribution in [2.75, 3.05) is 7.11 Å². The van der Waals surface area contributed by atoms with Gasteiger partial charge < -0.3 is 9.84 Å². The number of ether oxygens (including phenoxy) is 1. The lowest BCUT2D eigenvalue weighted by atomic mass is 10.1. The van der Waals surface area contributed by atoms with Crippen LogP contribution in [0.1, 0.15) is 18.4 Å². The van der Waals surface area contributed by atoms with E-state index in [1.165, 1.54) is 13.2 Å². The molecular formula is C10H9ClF2O2. The molecule has 0 heterocycles. The Balaban J connectivity index is 2.63. The van der Waals surface area contributed by atoms with Gasteiger partial charge in [-0.3, -0.25) is 0 Å². The molecule has 0 aromatic heterocycles. The lowest BCUT2D eigenvalue weighted by Gasteiger charge is -2.15. The summed E-state index contributed by atoms with van der Waals surface area (Å²) < 4.78 is 31.2. The Morgan fingerprint density at radius 2 is 2.00 bits per heavy atom. The summed E-state index contributed by atoms with van der Waals surface area (Å²) >= 11 is 5.50. The fourth-order valence-electron chi connectivity index (χ4n) is 1.51. The van der Waals surface area contributed by atoms with Gasteiger partial charge in [-0.1, -0.05) is 11.6 Å². The molecule has 0 bridgehead atoms. The van der Waals surface area contributed by atoms with Crippen LogP contribution < -0.4 is 4.74 Å². The minimum atomic E-state index is -1.15. The second-order valence-corrected chi connectivity index (χ2v) is 4.01. The summed E-state index contributed by atoms with van der Waals surface area (Å²) in [4.78, 5) is 0. The van der Waals surface area contributed by atoms with E-state index >= 15 is 0 Å².